The molecule has 6 nitrogen and oxygen atoms in total. The Labute approximate surface area is 166 Å². The van der Waals surface area contributed by atoms with Gasteiger partial charge in [0.25, 0.3) is 0 Å². The fourth-order valence-electron chi connectivity index (χ4n) is 3.21. The number of unbranched alkanes of at least 4 members (excludes halogenated alkanes) is 12. The van der Waals surface area contributed by atoms with E-state index in [0.717, 1.165) is 25.7 Å². The van der Waals surface area contributed by atoms with Crippen LogP contribution in [0, 0.1) is 0 Å². The Morgan fingerprint density at radius 1 is 0.815 bits per heavy atom. The maximum atomic E-state index is 12.1. The van der Waals surface area contributed by atoms with Gasteiger partial charge >= 0.3 is 6.09 Å². The maximum Gasteiger partial charge on any atom is 0.405 e. The fourth-order valence-corrected chi connectivity index (χ4v) is 3.21. The molecule has 2 amide bonds. The first kappa shape index (κ1) is 25.7. The summed E-state index contributed by atoms with van der Waals surface area (Å²) in [5.74, 6) is -0.225. The number of hydrogen-bond acceptors (Lipinski definition) is 3. The van der Waals surface area contributed by atoms with E-state index >= 15 is 0 Å². The third kappa shape index (κ3) is 17.9. The van der Waals surface area contributed by atoms with Gasteiger partial charge in [-0.15, -0.1) is 0 Å². The van der Waals surface area contributed by atoms with E-state index in [9.17, 15) is 9.59 Å². The van der Waals surface area contributed by atoms with Gasteiger partial charge < -0.3 is 21.5 Å². The molecular weight excluding hydrogens is 342 g/mol. The molecule has 0 rings (SSSR count). The third-order valence-corrected chi connectivity index (χ3v) is 4.89. The molecule has 0 radical (unpaired) electrons. The summed E-state index contributed by atoms with van der Waals surface area (Å²) in [6.07, 6.45) is 16.3. The van der Waals surface area contributed by atoms with Crippen LogP contribution < -0.4 is 16.4 Å². The predicted octanol–water partition coefficient (Wildman–Crippen LogP) is 4.57. The van der Waals surface area contributed by atoms with Crippen molar-refractivity contribution in [1.29, 1.82) is 0 Å². The summed E-state index contributed by atoms with van der Waals surface area (Å²) < 4.78 is 0. The minimum absolute atomic E-state index is 0.225. The lowest BCUT2D eigenvalue weighted by Gasteiger charge is -2.16. The molecule has 0 spiro atoms. The average molecular weight is 386 g/mol. The van der Waals surface area contributed by atoms with E-state index in [1.807, 2.05) is 0 Å². The molecule has 0 saturated heterocycles. The Kier molecular flexibility index (Phi) is 18.5. The van der Waals surface area contributed by atoms with Crippen molar-refractivity contribution in [3.05, 3.63) is 0 Å². The lowest BCUT2D eigenvalue weighted by Crippen LogP contribution is -2.46. The van der Waals surface area contributed by atoms with Crippen molar-refractivity contribution in [2.75, 3.05) is 13.1 Å². The Bertz CT molecular complexity index is 365. The van der Waals surface area contributed by atoms with Gasteiger partial charge in [-0.1, -0.05) is 77.6 Å². The van der Waals surface area contributed by atoms with Crippen molar-refractivity contribution in [1.82, 2.24) is 10.6 Å². The van der Waals surface area contributed by atoms with E-state index < -0.39 is 12.1 Å². The highest BCUT2D eigenvalue weighted by molar-refractivity contribution is 5.85. The van der Waals surface area contributed by atoms with E-state index in [2.05, 4.69) is 17.6 Å². The lowest BCUT2D eigenvalue weighted by molar-refractivity contribution is -0.123. The monoisotopic (exact) mass is 385 g/mol. The molecule has 0 aliphatic carbocycles. The van der Waals surface area contributed by atoms with Crippen molar-refractivity contribution in [2.45, 2.75) is 109 Å². The summed E-state index contributed by atoms with van der Waals surface area (Å²) in [4.78, 5) is 22.9. The first-order valence-corrected chi connectivity index (χ1v) is 11.1. The second-order valence-electron chi connectivity index (χ2n) is 7.47. The van der Waals surface area contributed by atoms with Gasteiger partial charge in [0, 0.05) is 6.54 Å². The van der Waals surface area contributed by atoms with Crippen LogP contribution in [0.1, 0.15) is 103 Å². The summed E-state index contributed by atoms with van der Waals surface area (Å²) in [7, 11) is 0. The first-order chi connectivity index (χ1) is 13.1. The molecule has 0 saturated carbocycles. The van der Waals surface area contributed by atoms with Crippen LogP contribution in [0.4, 0.5) is 4.79 Å². The molecule has 27 heavy (non-hydrogen) atoms. The Balaban J connectivity index is 3.57. The lowest BCUT2D eigenvalue weighted by atomic mass is 10.1. The third-order valence-electron chi connectivity index (χ3n) is 4.89. The number of amides is 2. The van der Waals surface area contributed by atoms with Crippen LogP contribution in [0.25, 0.3) is 0 Å². The SMILES string of the molecule is CCCCCCCCCCCCCCNC(=O)C(CCCCN)NC(=O)O. The molecule has 6 heteroatoms. The molecule has 0 aromatic carbocycles. The van der Waals surface area contributed by atoms with Crippen molar-refractivity contribution >= 4 is 12.0 Å². The molecule has 0 aromatic rings. The van der Waals surface area contributed by atoms with Crippen LogP contribution in [-0.4, -0.2) is 36.2 Å². The second-order valence-corrected chi connectivity index (χ2v) is 7.47. The number of nitrogens with two attached hydrogens (primary N) is 1. The minimum atomic E-state index is -1.16. The van der Waals surface area contributed by atoms with E-state index in [-0.39, 0.29) is 5.91 Å². The van der Waals surface area contributed by atoms with E-state index in [1.54, 1.807) is 0 Å². The maximum absolute atomic E-state index is 12.1. The molecule has 0 bridgehead atoms. The topological polar surface area (TPSA) is 104 Å². The summed E-state index contributed by atoms with van der Waals surface area (Å²) in [6.45, 7) is 3.42. The summed E-state index contributed by atoms with van der Waals surface area (Å²) in [5.41, 5.74) is 5.44. The van der Waals surface area contributed by atoms with Gasteiger partial charge in [0.05, 0.1) is 0 Å². The molecule has 0 aliphatic heterocycles. The number of carbonyl (C=O) groups is 2. The molecule has 0 heterocycles. The van der Waals surface area contributed by atoms with Gasteiger partial charge in [-0.05, 0) is 32.2 Å². The van der Waals surface area contributed by atoms with Gasteiger partial charge in [-0.25, -0.2) is 4.79 Å². The number of carboxylic acid groups (broad SMARTS) is 1. The van der Waals surface area contributed by atoms with Gasteiger partial charge in [0.1, 0.15) is 6.04 Å². The van der Waals surface area contributed by atoms with Gasteiger partial charge in [0.2, 0.25) is 5.91 Å². The molecule has 0 aromatic heterocycles. The smallest absolute Gasteiger partial charge is 0.405 e. The second kappa shape index (κ2) is 19.5. The number of nitrogens with one attached hydrogen (secondary N) is 2. The zero-order chi connectivity index (χ0) is 20.2. The van der Waals surface area contributed by atoms with Crippen molar-refractivity contribution in [3.63, 3.8) is 0 Å². The van der Waals surface area contributed by atoms with E-state index in [4.69, 9.17) is 10.8 Å². The number of hydrogen-bond donors (Lipinski definition) is 4. The predicted molar refractivity (Wildman–Crippen MR) is 112 cm³/mol. The van der Waals surface area contributed by atoms with Gasteiger partial charge in [0.15, 0.2) is 0 Å². The van der Waals surface area contributed by atoms with Gasteiger partial charge in [-0.3, -0.25) is 4.79 Å². The highest BCUT2D eigenvalue weighted by atomic mass is 16.4. The summed E-state index contributed by atoms with van der Waals surface area (Å²) >= 11 is 0. The van der Waals surface area contributed by atoms with Crippen molar-refractivity contribution in [2.24, 2.45) is 5.73 Å². The zero-order valence-corrected chi connectivity index (χ0v) is 17.4. The normalized spacial score (nSPS) is 11.9. The zero-order valence-electron chi connectivity index (χ0n) is 17.4. The van der Waals surface area contributed by atoms with Crippen LogP contribution in [-0.2, 0) is 4.79 Å². The molecular formula is C21H43N3O3. The quantitative estimate of drug-likeness (QED) is 0.244. The van der Waals surface area contributed by atoms with Crippen LogP contribution in [0.5, 0.6) is 0 Å². The van der Waals surface area contributed by atoms with Crippen LogP contribution >= 0.6 is 0 Å². The van der Waals surface area contributed by atoms with Crippen LogP contribution in [0.15, 0.2) is 0 Å². The number of rotatable bonds is 19. The fraction of sp³-hybridized carbons (Fsp3) is 0.905. The van der Waals surface area contributed by atoms with Gasteiger partial charge in [-0.2, -0.15) is 0 Å². The molecule has 160 valence electrons. The van der Waals surface area contributed by atoms with Crippen LogP contribution in [0.2, 0.25) is 0 Å². The van der Waals surface area contributed by atoms with Crippen LogP contribution in [0.3, 0.4) is 0 Å². The molecule has 0 fully saturated rings. The summed E-state index contributed by atoms with van der Waals surface area (Å²) in [6, 6.07) is -0.675. The molecule has 1 unspecified atom stereocenters. The Morgan fingerprint density at radius 3 is 1.81 bits per heavy atom. The molecule has 5 N–H and O–H groups in total. The molecule has 0 aliphatic rings. The minimum Gasteiger partial charge on any atom is -0.465 e. The highest BCUT2D eigenvalue weighted by Gasteiger charge is 2.19. The van der Waals surface area contributed by atoms with Crippen molar-refractivity contribution in [3.8, 4) is 0 Å². The Hall–Kier alpha value is -1.30. The van der Waals surface area contributed by atoms with E-state index in [0.29, 0.717) is 19.5 Å². The summed E-state index contributed by atoms with van der Waals surface area (Å²) in [5, 5.41) is 14.0. The highest BCUT2D eigenvalue weighted by Crippen LogP contribution is 2.11. The molecule has 1 atom stereocenters. The average Bonchev–Trinajstić information content (AvgIpc) is 2.64. The number of carbonyl (C=O) groups excluding carboxylic acids is 1. The Morgan fingerprint density at radius 2 is 1.33 bits per heavy atom. The largest absolute Gasteiger partial charge is 0.465 e. The van der Waals surface area contributed by atoms with Crippen molar-refractivity contribution < 1.29 is 14.7 Å². The van der Waals surface area contributed by atoms with E-state index in [1.165, 1.54) is 64.2 Å². The standard InChI is InChI=1S/C21H43N3O3/c1-2-3-4-5-6-7-8-9-10-11-12-15-18-23-20(25)19(24-21(26)27)16-13-14-17-22/h19,24H,2-18,22H2,1H3,(H,23,25)(H,26,27). The first-order valence-electron chi connectivity index (χ1n) is 11.1.